The van der Waals surface area contributed by atoms with Gasteiger partial charge in [-0.3, -0.25) is 0 Å². The molecule has 1 fully saturated rings. The van der Waals surface area contributed by atoms with Crippen molar-refractivity contribution in [2.75, 3.05) is 0 Å². The van der Waals surface area contributed by atoms with Gasteiger partial charge in [-0.1, -0.05) is 26.2 Å². The highest BCUT2D eigenvalue weighted by Crippen LogP contribution is 2.32. The zero-order valence-electron chi connectivity index (χ0n) is 9.47. The molecule has 1 aliphatic carbocycles. The van der Waals surface area contributed by atoms with Crippen molar-refractivity contribution in [1.82, 2.24) is 5.32 Å². The predicted molar refractivity (Wildman–Crippen MR) is 58.9 cm³/mol. The maximum absolute atomic E-state index is 3.70. The fourth-order valence-electron chi connectivity index (χ4n) is 1.96. The van der Waals surface area contributed by atoms with E-state index in [1.54, 1.807) is 0 Å². The second-order valence-electron chi connectivity index (χ2n) is 4.69. The molecule has 0 bridgehead atoms. The maximum Gasteiger partial charge on any atom is 0.00694 e. The van der Waals surface area contributed by atoms with E-state index in [0.29, 0.717) is 0 Å². The van der Waals surface area contributed by atoms with Crippen LogP contribution < -0.4 is 5.32 Å². The Morgan fingerprint density at radius 2 is 1.92 bits per heavy atom. The van der Waals surface area contributed by atoms with Gasteiger partial charge in [0.15, 0.2) is 0 Å². The van der Waals surface area contributed by atoms with E-state index in [1.165, 1.54) is 38.5 Å². The molecule has 1 aliphatic rings. The second-order valence-corrected chi connectivity index (χ2v) is 4.69. The van der Waals surface area contributed by atoms with Crippen LogP contribution in [0.1, 0.15) is 59.3 Å². The maximum atomic E-state index is 3.70. The van der Waals surface area contributed by atoms with Crippen LogP contribution in [-0.4, -0.2) is 12.1 Å². The van der Waals surface area contributed by atoms with Gasteiger partial charge < -0.3 is 5.32 Å². The minimum absolute atomic E-state index is 0.724. The smallest absolute Gasteiger partial charge is 0.00694 e. The summed E-state index contributed by atoms with van der Waals surface area (Å²) in [4.78, 5) is 0. The molecule has 0 spiro atoms. The molecule has 0 heterocycles. The van der Waals surface area contributed by atoms with E-state index in [1.807, 2.05) is 0 Å². The molecule has 0 aromatic rings. The summed E-state index contributed by atoms with van der Waals surface area (Å²) in [5, 5.41) is 3.70. The van der Waals surface area contributed by atoms with Crippen molar-refractivity contribution in [3.8, 4) is 0 Å². The van der Waals surface area contributed by atoms with Crippen LogP contribution in [0, 0.1) is 5.92 Å². The molecule has 1 saturated carbocycles. The highest BCUT2D eigenvalue weighted by molar-refractivity contribution is 4.84. The average Bonchev–Trinajstić information content (AvgIpc) is 2.86. The molecule has 2 unspecified atom stereocenters. The second kappa shape index (κ2) is 5.64. The van der Waals surface area contributed by atoms with Gasteiger partial charge in [0.25, 0.3) is 0 Å². The highest BCUT2D eigenvalue weighted by Gasteiger charge is 2.28. The Morgan fingerprint density at radius 3 is 2.46 bits per heavy atom. The number of nitrogens with one attached hydrogen (secondary N) is 1. The van der Waals surface area contributed by atoms with Gasteiger partial charge in [0.05, 0.1) is 0 Å². The number of hydrogen-bond acceptors (Lipinski definition) is 1. The zero-order valence-corrected chi connectivity index (χ0v) is 9.47. The number of hydrogen-bond donors (Lipinski definition) is 1. The lowest BCUT2D eigenvalue weighted by Crippen LogP contribution is -2.35. The molecule has 0 radical (unpaired) electrons. The van der Waals surface area contributed by atoms with Crippen LogP contribution in [0.15, 0.2) is 0 Å². The molecule has 1 rings (SSSR count). The molecule has 2 atom stereocenters. The third-order valence-corrected chi connectivity index (χ3v) is 3.12. The summed E-state index contributed by atoms with van der Waals surface area (Å²) in [5.74, 6) is 0.994. The predicted octanol–water partition coefficient (Wildman–Crippen LogP) is 3.34. The lowest BCUT2D eigenvalue weighted by molar-refractivity contribution is 0.405. The first-order valence-electron chi connectivity index (χ1n) is 6.00. The van der Waals surface area contributed by atoms with Gasteiger partial charge in [0, 0.05) is 12.1 Å². The van der Waals surface area contributed by atoms with Gasteiger partial charge in [0.2, 0.25) is 0 Å². The van der Waals surface area contributed by atoms with Crippen molar-refractivity contribution < 1.29 is 0 Å². The SMILES string of the molecule is CCCCCC(C)NC(C)C1CC1. The summed E-state index contributed by atoms with van der Waals surface area (Å²) >= 11 is 0. The van der Waals surface area contributed by atoms with Crippen LogP contribution >= 0.6 is 0 Å². The molecular weight excluding hydrogens is 158 g/mol. The lowest BCUT2D eigenvalue weighted by Gasteiger charge is -2.19. The molecule has 0 aromatic heterocycles. The summed E-state index contributed by atoms with van der Waals surface area (Å²) in [5.41, 5.74) is 0. The first-order valence-corrected chi connectivity index (χ1v) is 6.00. The van der Waals surface area contributed by atoms with Crippen LogP contribution in [0.4, 0.5) is 0 Å². The molecule has 0 aliphatic heterocycles. The molecule has 1 heteroatoms. The van der Waals surface area contributed by atoms with Crippen molar-refractivity contribution in [3.05, 3.63) is 0 Å². The summed E-state index contributed by atoms with van der Waals surface area (Å²) < 4.78 is 0. The highest BCUT2D eigenvalue weighted by atomic mass is 14.9. The van der Waals surface area contributed by atoms with Crippen molar-refractivity contribution in [2.45, 2.75) is 71.4 Å². The Kier molecular flexibility index (Phi) is 4.79. The quantitative estimate of drug-likeness (QED) is 0.597. The minimum Gasteiger partial charge on any atom is -0.312 e. The van der Waals surface area contributed by atoms with E-state index >= 15 is 0 Å². The van der Waals surface area contributed by atoms with E-state index < -0.39 is 0 Å². The lowest BCUT2D eigenvalue weighted by atomic mass is 10.1. The van der Waals surface area contributed by atoms with E-state index in [-0.39, 0.29) is 0 Å². The van der Waals surface area contributed by atoms with Crippen LogP contribution in [0.2, 0.25) is 0 Å². The first kappa shape index (κ1) is 11.0. The van der Waals surface area contributed by atoms with Crippen molar-refractivity contribution >= 4 is 0 Å². The third kappa shape index (κ3) is 4.66. The monoisotopic (exact) mass is 183 g/mol. The molecule has 0 saturated heterocycles. The Hall–Kier alpha value is -0.0400. The van der Waals surface area contributed by atoms with E-state index in [2.05, 4.69) is 26.1 Å². The van der Waals surface area contributed by atoms with Crippen LogP contribution in [0.3, 0.4) is 0 Å². The van der Waals surface area contributed by atoms with E-state index in [9.17, 15) is 0 Å². The average molecular weight is 183 g/mol. The molecule has 13 heavy (non-hydrogen) atoms. The fourth-order valence-corrected chi connectivity index (χ4v) is 1.96. The van der Waals surface area contributed by atoms with Crippen LogP contribution in [-0.2, 0) is 0 Å². The van der Waals surface area contributed by atoms with Crippen molar-refractivity contribution in [2.24, 2.45) is 5.92 Å². The third-order valence-electron chi connectivity index (χ3n) is 3.12. The van der Waals surface area contributed by atoms with Crippen molar-refractivity contribution in [1.29, 1.82) is 0 Å². The molecule has 1 nitrogen and oxygen atoms in total. The van der Waals surface area contributed by atoms with Gasteiger partial charge in [-0.05, 0) is 39.0 Å². The normalized spacial score (nSPS) is 21.5. The first-order chi connectivity index (χ1) is 6.24. The van der Waals surface area contributed by atoms with Gasteiger partial charge in [-0.25, -0.2) is 0 Å². The largest absolute Gasteiger partial charge is 0.312 e. The van der Waals surface area contributed by atoms with Crippen LogP contribution in [0.25, 0.3) is 0 Å². The standard InChI is InChI=1S/C12H25N/c1-4-5-6-7-10(2)13-11(3)12-8-9-12/h10-13H,4-9H2,1-3H3. The number of rotatable bonds is 7. The van der Waals surface area contributed by atoms with Gasteiger partial charge in [-0.15, -0.1) is 0 Å². The Balaban J connectivity index is 1.98. The van der Waals surface area contributed by atoms with Crippen LogP contribution in [0.5, 0.6) is 0 Å². The zero-order chi connectivity index (χ0) is 9.68. The Morgan fingerprint density at radius 1 is 1.23 bits per heavy atom. The Labute approximate surface area is 83.3 Å². The van der Waals surface area contributed by atoms with Gasteiger partial charge in [0.1, 0.15) is 0 Å². The van der Waals surface area contributed by atoms with E-state index in [0.717, 1.165) is 18.0 Å². The number of unbranched alkanes of at least 4 members (excludes halogenated alkanes) is 2. The summed E-state index contributed by atoms with van der Waals surface area (Å²) in [7, 11) is 0. The summed E-state index contributed by atoms with van der Waals surface area (Å²) in [6, 6.07) is 1.48. The van der Waals surface area contributed by atoms with Gasteiger partial charge >= 0.3 is 0 Å². The molecule has 0 amide bonds. The molecular formula is C12H25N. The summed E-state index contributed by atoms with van der Waals surface area (Å²) in [6.45, 7) is 6.94. The molecule has 1 N–H and O–H groups in total. The molecule has 78 valence electrons. The Bertz CT molecular complexity index is 129. The minimum atomic E-state index is 0.724. The fraction of sp³-hybridized carbons (Fsp3) is 1.00. The van der Waals surface area contributed by atoms with Gasteiger partial charge in [-0.2, -0.15) is 0 Å². The topological polar surface area (TPSA) is 12.0 Å². The summed E-state index contributed by atoms with van der Waals surface area (Å²) in [6.07, 6.45) is 8.38. The molecule has 0 aromatic carbocycles. The van der Waals surface area contributed by atoms with Crippen molar-refractivity contribution in [3.63, 3.8) is 0 Å². The van der Waals surface area contributed by atoms with E-state index in [4.69, 9.17) is 0 Å².